The second-order valence-corrected chi connectivity index (χ2v) is 7.68. The van der Waals surface area contributed by atoms with Crippen LogP contribution in [0, 0.1) is 5.92 Å². The summed E-state index contributed by atoms with van der Waals surface area (Å²) < 4.78 is 0. The van der Waals surface area contributed by atoms with Crippen molar-refractivity contribution in [3.8, 4) is 0 Å². The number of likely N-dealkylation sites (tertiary alicyclic amines) is 1. The summed E-state index contributed by atoms with van der Waals surface area (Å²) in [4.78, 5) is 28.9. The van der Waals surface area contributed by atoms with Gasteiger partial charge in [0.25, 0.3) is 0 Å². The molecule has 1 aromatic carbocycles. The van der Waals surface area contributed by atoms with E-state index in [1.165, 1.54) is 5.69 Å². The van der Waals surface area contributed by atoms with Crippen LogP contribution in [-0.4, -0.2) is 55.5 Å². The maximum atomic E-state index is 12.7. The third-order valence-electron chi connectivity index (χ3n) is 5.86. The minimum atomic E-state index is -0.00585. The van der Waals surface area contributed by atoms with Gasteiger partial charge in [-0.2, -0.15) is 0 Å². The van der Waals surface area contributed by atoms with E-state index in [9.17, 15) is 9.59 Å². The monoisotopic (exact) mass is 387 g/mol. The Morgan fingerprint density at radius 3 is 2.68 bits per heavy atom. The lowest BCUT2D eigenvalue weighted by molar-refractivity contribution is -0.128. The highest BCUT2D eigenvalue weighted by molar-refractivity contribution is 5.79. The Morgan fingerprint density at radius 2 is 2.00 bits per heavy atom. The lowest BCUT2D eigenvalue weighted by Gasteiger charge is -2.39. The molecule has 2 fully saturated rings. The molecule has 7 heteroatoms. The second-order valence-electron chi connectivity index (χ2n) is 7.68. The summed E-state index contributed by atoms with van der Waals surface area (Å²) in [6, 6.07) is 8.61. The van der Waals surface area contributed by atoms with Gasteiger partial charge in [-0.3, -0.25) is 19.9 Å². The molecule has 2 amide bonds. The molecular weight excluding hydrogens is 354 g/mol. The van der Waals surface area contributed by atoms with Crippen molar-refractivity contribution in [1.82, 2.24) is 21.1 Å². The molecule has 0 bridgehead atoms. The predicted octanol–water partition coefficient (Wildman–Crippen LogP) is 1.25. The standard InChI is InChI=1S/C21H33N5O2/c1-3-25(4-2)18-9-7-16(8-10-18)13-22-21(28)17-6-5-11-26(15-17)19-12-20(27)24-23-14-19/h7-10,17,19,23H,3-6,11-15H2,1-2H3,(H,22,28)(H,24,27). The Hall–Kier alpha value is -2.12. The van der Waals surface area contributed by atoms with E-state index in [0.717, 1.165) is 51.1 Å². The number of nitrogens with zero attached hydrogens (tertiary/aromatic N) is 2. The van der Waals surface area contributed by atoms with Gasteiger partial charge in [0.15, 0.2) is 0 Å². The van der Waals surface area contributed by atoms with E-state index < -0.39 is 0 Å². The molecule has 0 saturated carbocycles. The molecule has 154 valence electrons. The molecule has 28 heavy (non-hydrogen) atoms. The summed E-state index contributed by atoms with van der Waals surface area (Å²) in [5, 5.41) is 3.10. The molecule has 0 radical (unpaired) electrons. The van der Waals surface area contributed by atoms with Gasteiger partial charge in [-0.25, -0.2) is 5.43 Å². The predicted molar refractivity (Wildman–Crippen MR) is 111 cm³/mol. The Bertz CT molecular complexity index is 659. The molecule has 0 aliphatic carbocycles. The fraction of sp³-hybridized carbons (Fsp3) is 0.619. The molecule has 3 N–H and O–H groups in total. The molecule has 3 rings (SSSR count). The Kier molecular flexibility index (Phi) is 7.28. The zero-order valence-corrected chi connectivity index (χ0v) is 17.0. The van der Waals surface area contributed by atoms with Crippen LogP contribution in [0.25, 0.3) is 0 Å². The molecule has 2 unspecified atom stereocenters. The first-order valence-electron chi connectivity index (χ1n) is 10.5. The van der Waals surface area contributed by atoms with Crippen molar-refractivity contribution in [2.24, 2.45) is 5.92 Å². The van der Waals surface area contributed by atoms with Crippen molar-refractivity contribution in [2.75, 3.05) is 37.6 Å². The topological polar surface area (TPSA) is 76.7 Å². The van der Waals surface area contributed by atoms with Crippen LogP contribution in [0.3, 0.4) is 0 Å². The van der Waals surface area contributed by atoms with Crippen LogP contribution in [0.1, 0.15) is 38.7 Å². The molecular formula is C21H33N5O2. The number of amides is 2. The molecule has 0 aromatic heterocycles. The summed E-state index contributed by atoms with van der Waals surface area (Å²) in [6.45, 7) is 9.26. The maximum absolute atomic E-state index is 12.7. The largest absolute Gasteiger partial charge is 0.372 e. The van der Waals surface area contributed by atoms with Crippen molar-refractivity contribution >= 4 is 17.5 Å². The summed E-state index contributed by atoms with van der Waals surface area (Å²) in [7, 11) is 0. The molecule has 2 aliphatic heterocycles. The first kappa shape index (κ1) is 20.6. The van der Waals surface area contributed by atoms with Gasteiger partial charge in [0.2, 0.25) is 11.8 Å². The Labute approximate surface area is 167 Å². The molecule has 2 atom stereocenters. The van der Waals surface area contributed by atoms with Crippen LogP contribution in [-0.2, 0) is 16.1 Å². The molecule has 2 saturated heterocycles. The summed E-state index contributed by atoms with van der Waals surface area (Å²) in [5.74, 6) is 0.135. The number of rotatable bonds is 7. The lowest BCUT2D eigenvalue weighted by atomic mass is 9.94. The highest BCUT2D eigenvalue weighted by atomic mass is 16.2. The van der Waals surface area contributed by atoms with Crippen molar-refractivity contribution in [3.63, 3.8) is 0 Å². The van der Waals surface area contributed by atoms with Gasteiger partial charge in [-0.15, -0.1) is 0 Å². The van der Waals surface area contributed by atoms with Gasteiger partial charge >= 0.3 is 0 Å². The molecule has 2 aliphatic rings. The number of carbonyl (C=O) groups is 2. The quantitative estimate of drug-likeness (QED) is 0.657. The number of hydrogen-bond donors (Lipinski definition) is 3. The smallest absolute Gasteiger partial charge is 0.235 e. The maximum Gasteiger partial charge on any atom is 0.235 e. The first-order valence-corrected chi connectivity index (χ1v) is 10.5. The van der Waals surface area contributed by atoms with Crippen LogP contribution in [0.15, 0.2) is 24.3 Å². The molecule has 0 spiro atoms. The van der Waals surface area contributed by atoms with Gasteiger partial charge in [0.1, 0.15) is 0 Å². The minimum absolute atomic E-state index is 0.00585. The van der Waals surface area contributed by atoms with Crippen molar-refractivity contribution in [3.05, 3.63) is 29.8 Å². The van der Waals surface area contributed by atoms with E-state index in [2.05, 4.69) is 64.1 Å². The minimum Gasteiger partial charge on any atom is -0.372 e. The summed E-state index contributed by atoms with van der Waals surface area (Å²) >= 11 is 0. The molecule has 1 aromatic rings. The molecule has 2 heterocycles. The number of nitrogens with one attached hydrogen (secondary N) is 3. The normalized spacial score (nSPS) is 23.1. The fourth-order valence-electron chi connectivity index (χ4n) is 4.16. The number of benzene rings is 1. The SMILES string of the molecule is CCN(CC)c1ccc(CNC(=O)C2CCCN(C3CNNC(=O)C3)C2)cc1. The van der Waals surface area contributed by atoms with Crippen molar-refractivity contribution in [1.29, 1.82) is 0 Å². The first-order chi connectivity index (χ1) is 13.6. The van der Waals surface area contributed by atoms with E-state index in [4.69, 9.17) is 0 Å². The van der Waals surface area contributed by atoms with Crippen LogP contribution in [0.4, 0.5) is 5.69 Å². The number of carbonyl (C=O) groups excluding carboxylic acids is 2. The van der Waals surface area contributed by atoms with E-state index in [1.807, 2.05) is 0 Å². The number of hydrazine groups is 1. The van der Waals surface area contributed by atoms with Gasteiger partial charge in [-0.05, 0) is 50.9 Å². The highest BCUT2D eigenvalue weighted by Gasteiger charge is 2.32. The number of hydrogen-bond acceptors (Lipinski definition) is 5. The summed E-state index contributed by atoms with van der Waals surface area (Å²) in [5.41, 5.74) is 7.92. The average molecular weight is 388 g/mol. The Morgan fingerprint density at radius 1 is 1.25 bits per heavy atom. The highest BCUT2D eigenvalue weighted by Crippen LogP contribution is 2.21. The number of anilines is 1. The van der Waals surface area contributed by atoms with Crippen LogP contribution in [0.2, 0.25) is 0 Å². The van der Waals surface area contributed by atoms with Crippen LogP contribution in [0.5, 0.6) is 0 Å². The van der Waals surface area contributed by atoms with E-state index in [0.29, 0.717) is 13.0 Å². The van der Waals surface area contributed by atoms with E-state index in [1.54, 1.807) is 0 Å². The zero-order chi connectivity index (χ0) is 19.9. The van der Waals surface area contributed by atoms with E-state index in [-0.39, 0.29) is 23.8 Å². The third-order valence-corrected chi connectivity index (χ3v) is 5.86. The zero-order valence-electron chi connectivity index (χ0n) is 17.0. The fourth-order valence-corrected chi connectivity index (χ4v) is 4.16. The third kappa shape index (κ3) is 5.23. The van der Waals surface area contributed by atoms with Gasteiger partial charge in [-0.1, -0.05) is 12.1 Å². The second kappa shape index (κ2) is 9.89. The molecule has 7 nitrogen and oxygen atoms in total. The van der Waals surface area contributed by atoms with Crippen LogP contribution >= 0.6 is 0 Å². The Balaban J connectivity index is 1.49. The van der Waals surface area contributed by atoms with Gasteiger partial charge in [0.05, 0.1) is 5.92 Å². The van der Waals surface area contributed by atoms with Crippen molar-refractivity contribution in [2.45, 2.75) is 45.7 Å². The average Bonchev–Trinajstić information content (AvgIpc) is 2.74. The van der Waals surface area contributed by atoms with E-state index >= 15 is 0 Å². The van der Waals surface area contributed by atoms with Crippen LogP contribution < -0.4 is 21.1 Å². The number of piperidine rings is 1. The summed E-state index contributed by atoms with van der Waals surface area (Å²) in [6.07, 6.45) is 2.41. The lowest BCUT2D eigenvalue weighted by Crippen LogP contribution is -2.57. The van der Waals surface area contributed by atoms with Gasteiger partial charge < -0.3 is 10.2 Å². The van der Waals surface area contributed by atoms with Gasteiger partial charge in [0, 0.05) is 50.9 Å². The van der Waals surface area contributed by atoms with Crippen molar-refractivity contribution < 1.29 is 9.59 Å².